The van der Waals surface area contributed by atoms with Gasteiger partial charge in [0.25, 0.3) is 0 Å². The van der Waals surface area contributed by atoms with Crippen LogP contribution in [0.25, 0.3) is 10.8 Å². The molecule has 4 aliphatic rings. The van der Waals surface area contributed by atoms with Gasteiger partial charge in [0.05, 0.1) is 24.9 Å². The second-order valence-corrected chi connectivity index (χ2v) is 11.2. The Morgan fingerprint density at radius 2 is 1.92 bits per heavy atom. The summed E-state index contributed by atoms with van der Waals surface area (Å²) in [6.07, 6.45) is 5.27. The molecule has 4 heterocycles. The van der Waals surface area contributed by atoms with Crippen LogP contribution in [0, 0.1) is 18.3 Å². The highest BCUT2D eigenvalue weighted by Crippen LogP contribution is 2.59. The molecule has 1 aromatic carbocycles. The maximum Gasteiger partial charge on any atom is 0.229 e. The van der Waals surface area contributed by atoms with Crippen LogP contribution >= 0.6 is 0 Å². The largest absolute Gasteiger partial charge is 0.389 e. The van der Waals surface area contributed by atoms with E-state index in [0.717, 1.165) is 75.8 Å². The summed E-state index contributed by atoms with van der Waals surface area (Å²) >= 11 is 0. The number of aryl methyl sites for hydroxylation is 1. The molecule has 4 fully saturated rings. The van der Waals surface area contributed by atoms with Crippen LogP contribution in [0.4, 0.5) is 11.5 Å². The van der Waals surface area contributed by atoms with Gasteiger partial charge in [0, 0.05) is 62.6 Å². The van der Waals surface area contributed by atoms with Crippen LogP contribution in [0.1, 0.15) is 38.2 Å². The van der Waals surface area contributed by atoms with Gasteiger partial charge in [-0.3, -0.25) is 9.69 Å². The number of anilines is 2. The smallest absolute Gasteiger partial charge is 0.229 e. The first-order chi connectivity index (χ1) is 17.4. The third kappa shape index (κ3) is 4.08. The monoisotopic (exact) mass is 494 g/mol. The van der Waals surface area contributed by atoms with E-state index >= 15 is 0 Å². The normalized spacial score (nSPS) is 30.1. The summed E-state index contributed by atoms with van der Waals surface area (Å²) in [6, 6.07) is 6.43. The van der Waals surface area contributed by atoms with Crippen molar-refractivity contribution in [2.75, 3.05) is 62.8 Å². The molecule has 2 N–H and O–H groups in total. The number of aromatic nitrogens is 1. The van der Waals surface area contributed by atoms with Crippen molar-refractivity contribution in [2.24, 2.45) is 11.3 Å². The summed E-state index contributed by atoms with van der Waals surface area (Å²) in [6.45, 7) is 10.5. The van der Waals surface area contributed by atoms with Gasteiger partial charge < -0.3 is 24.8 Å². The van der Waals surface area contributed by atoms with Crippen molar-refractivity contribution in [1.82, 2.24) is 9.88 Å². The van der Waals surface area contributed by atoms with E-state index in [-0.39, 0.29) is 22.8 Å². The Hall–Kier alpha value is -2.26. The number of amides is 1. The summed E-state index contributed by atoms with van der Waals surface area (Å²) in [5, 5.41) is 15.9. The molecule has 194 valence electrons. The van der Waals surface area contributed by atoms with Gasteiger partial charge in [-0.15, -0.1) is 0 Å². The third-order valence-electron chi connectivity index (χ3n) is 9.39. The minimum Gasteiger partial charge on any atom is -0.389 e. The molecular weight excluding hydrogens is 456 g/mol. The number of aliphatic hydroxyl groups is 1. The van der Waals surface area contributed by atoms with Crippen molar-refractivity contribution in [3.05, 3.63) is 30.0 Å². The van der Waals surface area contributed by atoms with Crippen LogP contribution in [-0.2, 0) is 14.3 Å². The summed E-state index contributed by atoms with van der Waals surface area (Å²) in [4.78, 5) is 22.3. The molecule has 1 aliphatic carbocycles. The number of hydrogen-bond donors (Lipinski definition) is 2. The van der Waals surface area contributed by atoms with Crippen LogP contribution in [0.2, 0.25) is 0 Å². The lowest BCUT2D eigenvalue weighted by Gasteiger charge is -2.47. The molecule has 3 atom stereocenters. The molecule has 8 heteroatoms. The second-order valence-electron chi connectivity index (χ2n) is 11.2. The Labute approximate surface area is 212 Å². The molecule has 1 amide bonds. The van der Waals surface area contributed by atoms with Crippen LogP contribution in [0.3, 0.4) is 0 Å². The fourth-order valence-corrected chi connectivity index (χ4v) is 6.82. The highest BCUT2D eigenvalue weighted by Gasteiger charge is 2.58. The van der Waals surface area contributed by atoms with E-state index in [1.54, 1.807) is 0 Å². The van der Waals surface area contributed by atoms with Gasteiger partial charge in [0.15, 0.2) is 0 Å². The zero-order valence-electron chi connectivity index (χ0n) is 21.5. The molecule has 0 radical (unpaired) electrons. The molecular formula is C28H38N4O4. The van der Waals surface area contributed by atoms with Crippen LogP contribution < -0.4 is 10.2 Å². The van der Waals surface area contributed by atoms with E-state index in [2.05, 4.69) is 46.1 Å². The van der Waals surface area contributed by atoms with Gasteiger partial charge in [0.1, 0.15) is 5.82 Å². The van der Waals surface area contributed by atoms with Crippen molar-refractivity contribution in [3.8, 4) is 0 Å². The highest BCUT2D eigenvalue weighted by atomic mass is 16.5. The summed E-state index contributed by atoms with van der Waals surface area (Å²) in [5.74, 6) is 0.801. The summed E-state index contributed by atoms with van der Waals surface area (Å²) < 4.78 is 11.1. The number of carbonyl (C=O) groups excluding carboxylic acids is 1. The average molecular weight is 495 g/mol. The zero-order valence-corrected chi connectivity index (χ0v) is 21.5. The van der Waals surface area contributed by atoms with Gasteiger partial charge in [-0.25, -0.2) is 4.98 Å². The lowest BCUT2D eigenvalue weighted by molar-refractivity contribution is -0.118. The number of rotatable bonds is 5. The standard InChI is InChI=1S/C28H38N4O4/c1-3-28(18-36-17-24(28)33)32-8-6-31(7-9-32)23-13-20-14-25(29-16-21(20)12-19(23)2)30-26(34)22-15-27(22)4-10-35-11-5-27/h12-14,16,22,24,33H,3-11,15,17-18H2,1-2H3,(H,29,30,34)/t22-,24+,28-/m1/s1. The van der Waals surface area contributed by atoms with Gasteiger partial charge >= 0.3 is 0 Å². The molecule has 6 rings (SSSR count). The Morgan fingerprint density at radius 3 is 2.61 bits per heavy atom. The van der Waals surface area contributed by atoms with Crippen molar-refractivity contribution >= 4 is 28.2 Å². The maximum absolute atomic E-state index is 12.9. The summed E-state index contributed by atoms with van der Waals surface area (Å²) in [5.41, 5.74) is 2.35. The Bertz CT molecular complexity index is 1140. The van der Waals surface area contributed by atoms with Crippen molar-refractivity contribution in [3.63, 3.8) is 0 Å². The van der Waals surface area contributed by atoms with Crippen LogP contribution in [0.5, 0.6) is 0 Å². The number of ether oxygens (including phenoxy) is 2. The number of nitrogens with one attached hydrogen (secondary N) is 1. The minimum absolute atomic E-state index is 0.0824. The maximum atomic E-state index is 12.9. The number of fused-ring (bicyclic) bond motifs is 1. The predicted octanol–water partition coefficient (Wildman–Crippen LogP) is 2.96. The number of piperazine rings is 1. The fourth-order valence-electron chi connectivity index (χ4n) is 6.82. The third-order valence-corrected chi connectivity index (χ3v) is 9.39. The van der Waals surface area contributed by atoms with E-state index in [1.165, 1.54) is 11.3 Å². The molecule has 3 saturated heterocycles. The second kappa shape index (κ2) is 9.24. The Morgan fingerprint density at radius 1 is 1.14 bits per heavy atom. The topological polar surface area (TPSA) is 87.2 Å². The highest BCUT2D eigenvalue weighted by molar-refractivity contribution is 5.97. The molecule has 36 heavy (non-hydrogen) atoms. The van der Waals surface area contributed by atoms with Gasteiger partial charge in [-0.2, -0.15) is 0 Å². The number of pyridine rings is 1. The minimum atomic E-state index is -0.422. The molecule has 2 aromatic rings. The molecule has 1 spiro atoms. The quantitative estimate of drug-likeness (QED) is 0.661. The number of aliphatic hydroxyl groups excluding tert-OH is 1. The zero-order chi connectivity index (χ0) is 24.9. The number of benzene rings is 1. The van der Waals surface area contributed by atoms with Crippen molar-refractivity contribution < 1.29 is 19.4 Å². The lowest BCUT2D eigenvalue weighted by atomic mass is 9.89. The molecule has 8 nitrogen and oxygen atoms in total. The van der Waals surface area contributed by atoms with Crippen molar-refractivity contribution in [1.29, 1.82) is 0 Å². The Kier molecular flexibility index (Phi) is 6.19. The first-order valence-corrected chi connectivity index (χ1v) is 13.5. The molecule has 3 aliphatic heterocycles. The molecule has 0 unspecified atom stereocenters. The molecule has 0 bridgehead atoms. The SMILES string of the molecule is CC[C@@]1(N2CCN(c3cc4cc(NC(=O)[C@H]5CC56CCOCC6)ncc4cc3C)CC2)COC[C@@H]1O. The van der Waals surface area contributed by atoms with E-state index < -0.39 is 6.10 Å². The predicted molar refractivity (Wildman–Crippen MR) is 139 cm³/mol. The number of carbonyl (C=O) groups is 1. The Balaban J connectivity index is 1.16. The molecule has 1 saturated carbocycles. The van der Waals surface area contributed by atoms with E-state index in [1.807, 2.05) is 12.3 Å². The van der Waals surface area contributed by atoms with E-state index in [4.69, 9.17) is 9.47 Å². The van der Waals surface area contributed by atoms with Crippen LogP contribution in [0.15, 0.2) is 24.4 Å². The summed E-state index contributed by atoms with van der Waals surface area (Å²) in [7, 11) is 0. The molecule has 1 aromatic heterocycles. The first kappa shape index (κ1) is 24.1. The average Bonchev–Trinajstić information content (AvgIpc) is 3.45. The van der Waals surface area contributed by atoms with Gasteiger partial charge in [-0.1, -0.05) is 6.92 Å². The first-order valence-electron chi connectivity index (χ1n) is 13.5. The van der Waals surface area contributed by atoms with Gasteiger partial charge in [0.2, 0.25) is 5.91 Å². The van der Waals surface area contributed by atoms with E-state index in [9.17, 15) is 9.90 Å². The van der Waals surface area contributed by atoms with Gasteiger partial charge in [-0.05, 0) is 67.2 Å². The van der Waals surface area contributed by atoms with Crippen LogP contribution in [-0.4, -0.2) is 85.1 Å². The number of hydrogen-bond acceptors (Lipinski definition) is 7. The number of nitrogens with zero attached hydrogens (tertiary/aromatic N) is 3. The van der Waals surface area contributed by atoms with Crippen molar-refractivity contribution in [2.45, 2.75) is 51.2 Å². The van der Waals surface area contributed by atoms with E-state index in [0.29, 0.717) is 19.0 Å². The fraction of sp³-hybridized carbons (Fsp3) is 0.643. The lowest BCUT2D eigenvalue weighted by Crippen LogP contribution is -2.62.